The van der Waals surface area contributed by atoms with Gasteiger partial charge in [-0.3, -0.25) is 19.8 Å². The Morgan fingerprint density at radius 1 is 0.571 bits per heavy atom. The predicted molar refractivity (Wildman–Crippen MR) is 248 cm³/mol. The minimum Gasteiger partial charge on any atom is -0.490 e. The fourth-order valence-corrected chi connectivity index (χ4v) is 9.57. The molecule has 0 bridgehead atoms. The molecule has 0 spiro atoms. The summed E-state index contributed by atoms with van der Waals surface area (Å²) in [5.41, 5.74) is 3.65. The molecule has 2 aromatic heterocycles. The fraction of sp³-hybridized carbons (Fsp3) is 0.500. The molecule has 2 saturated heterocycles. The number of esters is 2. The highest BCUT2D eigenvalue weighted by Crippen LogP contribution is 2.39. The van der Waals surface area contributed by atoms with Crippen LogP contribution in [0.2, 0.25) is 0 Å². The van der Waals surface area contributed by atoms with Gasteiger partial charge < -0.3 is 24.4 Å². The van der Waals surface area contributed by atoms with Crippen LogP contribution in [0.3, 0.4) is 0 Å². The minimum atomic E-state index is -0.636. The zero-order valence-corrected chi connectivity index (χ0v) is 38.8. The van der Waals surface area contributed by atoms with Gasteiger partial charge in [-0.1, -0.05) is 36.4 Å². The number of aromatic nitrogens is 2. The summed E-state index contributed by atoms with van der Waals surface area (Å²) in [6.07, 6.45) is 12.4. The van der Waals surface area contributed by atoms with Crippen molar-refractivity contribution in [1.29, 1.82) is 0 Å². The maximum absolute atomic E-state index is 13.6. The van der Waals surface area contributed by atoms with Crippen LogP contribution in [0.25, 0.3) is 0 Å². The van der Waals surface area contributed by atoms with Crippen LogP contribution < -0.4 is 9.47 Å². The average molecular weight is 863 g/mol. The first-order valence-electron chi connectivity index (χ1n) is 22.4. The van der Waals surface area contributed by atoms with E-state index in [0.29, 0.717) is 37.4 Å². The molecule has 2 unspecified atom stereocenters. The Kier molecular flexibility index (Phi) is 16.7. The number of benzene rings is 2. The molecule has 6 rings (SSSR count). The van der Waals surface area contributed by atoms with Gasteiger partial charge in [0.1, 0.15) is 36.9 Å². The number of piperidine rings is 2. The van der Waals surface area contributed by atoms with E-state index in [1.54, 1.807) is 12.4 Å². The highest BCUT2D eigenvalue weighted by atomic mass is 16.6. The Morgan fingerprint density at radius 3 is 1.30 bits per heavy atom. The molecule has 11 heteroatoms. The molecule has 4 aromatic rings. The van der Waals surface area contributed by atoms with E-state index in [4.69, 9.17) is 18.9 Å². The van der Waals surface area contributed by atoms with Crippen molar-refractivity contribution < 1.29 is 34.0 Å². The highest BCUT2D eigenvalue weighted by molar-refractivity contribution is 5.91. The fourth-order valence-electron chi connectivity index (χ4n) is 9.57. The van der Waals surface area contributed by atoms with Crippen LogP contribution in [0.15, 0.2) is 109 Å². The number of rotatable bonds is 18. The third-order valence-electron chi connectivity index (χ3n) is 12.7. The van der Waals surface area contributed by atoms with Crippen molar-refractivity contribution in [2.45, 2.75) is 141 Å². The topological polar surface area (TPSA) is 135 Å². The number of nitrogens with zero attached hydrogens (tertiary/aromatic N) is 4. The van der Waals surface area contributed by atoms with E-state index < -0.39 is 24.1 Å². The van der Waals surface area contributed by atoms with Crippen LogP contribution in [0.1, 0.15) is 116 Å². The summed E-state index contributed by atoms with van der Waals surface area (Å²) < 4.78 is 25.0. The quantitative estimate of drug-likeness (QED) is 0.0706. The molecule has 11 nitrogen and oxygen atoms in total. The number of pyridine rings is 2. The van der Waals surface area contributed by atoms with E-state index in [0.717, 1.165) is 61.0 Å². The first-order valence-corrected chi connectivity index (χ1v) is 22.4. The molecule has 340 valence electrons. The monoisotopic (exact) mass is 863 g/mol. The molecule has 2 atom stereocenters. The van der Waals surface area contributed by atoms with Crippen LogP contribution in [0.5, 0.6) is 11.5 Å². The van der Waals surface area contributed by atoms with Crippen LogP contribution >= 0.6 is 0 Å². The molecule has 2 aromatic carbocycles. The maximum atomic E-state index is 13.6. The zero-order chi connectivity index (χ0) is 44.4. The number of carbonyl (C=O) groups excluding carboxylic acids is 2. The zero-order valence-electron chi connectivity index (χ0n) is 38.8. The lowest BCUT2D eigenvalue weighted by Crippen LogP contribution is -2.61. The van der Waals surface area contributed by atoms with Crippen molar-refractivity contribution in [2.24, 2.45) is 0 Å². The smallest absolute Gasteiger partial charge is 0.331 e. The Hall–Kier alpha value is -5.10. The standard InChI is InChI=1S/C52H68N4O6.H2O/c1-49(2)25-15-26-50(3,4)55(49)35-45(37-59-43-21-13-17-39(33-43)31-41-19-9-11-29-53-41)61-47(57)23-24-48(58)62-46(36-56-51(5,6)27-16-28-52(56,7)8)38-60-44-22-14-18-40(34-44)32-42-20-10-12-30-54-42;/h9-14,17-24,29-30,33-34,45-46H,15-16,25-28,31-32,35-38H2,1-8H3;1H2/b24-23+;. The first kappa shape index (κ1) is 48.9. The summed E-state index contributed by atoms with van der Waals surface area (Å²) >= 11 is 0. The van der Waals surface area contributed by atoms with E-state index in [-0.39, 0.29) is 40.8 Å². The van der Waals surface area contributed by atoms with Crippen molar-refractivity contribution in [3.8, 4) is 11.5 Å². The van der Waals surface area contributed by atoms with Gasteiger partial charge in [0.05, 0.1) is 0 Å². The van der Waals surface area contributed by atoms with Crippen molar-refractivity contribution in [2.75, 3.05) is 26.3 Å². The third-order valence-corrected chi connectivity index (χ3v) is 12.7. The summed E-state index contributed by atoms with van der Waals surface area (Å²) in [5, 5.41) is 0. The predicted octanol–water partition coefficient (Wildman–Crippen LogP) is 8.76. The van der Waals surface area contributed by atoms with Gasteiger partial charge in [0, 0.05) is 84.0 Å². The molecule has 0 radical (unpaired) electrons. The normalized spacial score (nSPS) is 19.0. The molecule has 0 aliphatic carbocycles. The lowest BCUT2D eigenvalue weighted by atomic mass is 9.79. The lowest BCUT2D eigenvalue weighted by molar-refractivity contribution is -0.152. The van der Waals surface area contributed by atoms with Gasteiger partial charge in [-0.25, -0.2) is 9.59 Å². The van der Waals surface area contributed by atoms with Gasteiger partial charge in [-0.2, -0.15) is 0 Å². The lowest BCUT2D eigenvalue weighted by Gasteiger charge is -2.53. The van der Waals surface area contributed by atoms with E-state index in [1.807, 2.05) is 72.8 Å². The van der Waals surface area contributed by atoms with Crippen LogP contribution in [-0.4, -0.2) is 97.8 Å². The Bertz CT molecular complexity index is 1920. The Labute approximate surface area is 375 Å². The van der Waals surface area contributed by atoms with E-state index in [1.165, 1.54) is 12.2 Å². The Balaban J connectivity index is 0.00000748. The number of ether oxygens (including phenoxy) is 4. The summed E-state index contributed by atoms with van der Waals surface area (Å²) in [6, 6.07) is 27.7. The van der Waals surface area contributed by atoms with E-state index in [2.05, 4.69) is 87.3 Å². The molecule has 63 heavy (non-hydrogen) atoms. The average Bonchev–Trinajstić information content (AvgIpc) is 3.21. The van der Waals surface area contributed by atoms with Gasteiger partial charge in [0.15, 0.2) is 0 Å². The van der Waals surface area contributed by atoms with E-state index in [9.17, 15) is 9.59 Å². The molecular weight excluding hydrogens is 793 g/mol. The number of carbonyl (C=O) groups is 2. The first-order chi connectivity index (χ1) is 29.5. The second-order valence-electron chi connectivity index (χ2n) is 19.5. The van der Waals surface area contributed by atoms with E-state index >= 15 is 0 Å². The summed E-state index contributed by atoms with van der Waals surface area (Å²) in [4.78, 5) is 41.0. The highest BCUT2D eigenvalue weighted by Gasteiger charge is 2.44. The number of likely N-dealkylation sites (tertiary alicyclic amines) is 2. The SMILES string of the molecule is CC1(C)CCCC(C)(C)N1CC(COc1cccc(Cc2ccccn2)c1)OC(=O)/C=C/C(=O)OC(COc1cccc(Cc2ccccn2)c1)CN1C(C)(C)CCCC1(C)C.O. The van der Waals surface area contributed by atoms with Crippen molar-refractivity contribution >= 4 is 11.9 Å². The number of hydrogen-bond acceptors (Lipinski definition) is 10. The second-order valence-corrected chi connectivity index (χ2v) is 19.5. The van der Waals surface area contributed by atoms with Crippen LogP contribution in [0.4, 0.5) is 0 Å². The van der Waals surface area contributed by atoms with Crippen molar-refractivity contribution in [3.63, 3.8) is 0 Å². The largest absolute Gasteiger partial charge is 0.490 e. The molecule has 2 aliphatic rings. The van der Waals surface area contributed by atoms with Gasteiger partial charge >= 0.3 is 11.9 Å². The molecule has 4 heterocycles. The van der Waals surface area contributed by atoms with Crippen molar-refractivity contribution in [1.82, 2.24) is 19.8 Å². The van der Waals surface area contributed by atoms with Crippen LogP contribution in [-0.2, 0) is 31.9 Å². The van der Waals surface area contributed by atoms with Crippen molar-refractivity contribution in [3.05, 3.63) is 132 Å². The van der Waals surface area contributed by atoms with Crippen LogP contribution in [0, 0.1) is 0 Å². The van der Waals surface area contributed by atoms with Gasteiger partial charge in [0.25, 0.3) is 0 Å². The number of hydrogen-bond donors (Lipinski definition) is 0. The third kappa shape index (κ3) is 14.2. The maximum Gasteiger partial charge on any atom is 0.331 e. The summed E-state index contributed by atoms with van der Waals surface area (Å²) in [6.45, 7) is 19.2. The minimum absolute atomic E-state index is 0. The molecule has 2 fully saturated rings. The van der Waals surface area contributed by atoms with Gasteiger partial charge in [-0.15, -0.1) is 0 Å². The second kappa shape index (κ2) is 21.5. The van der Waals surface area contributed by atoms with Gasteiger partial charge in [0.2, 0.25) is 0 Å². The molecule has 0 saturated carbocycles. The van der Waals surface area contributed by atoms with Gasteiger partial charge in [-0.05, 0) is 154 Å². The molecular formula is C52H70N4O7. The molecule has 2 N–H and O–H groups in total. The molecule has 2 aliphatic heterocycles. The molecule has 0 amide bonds. The Morgan fingerprint density at radius 2 is 0.952 bits per heavy atom. The summed E-state index contributed by atoms with van der Waals surface area (Å²) in [7, 11) is 0. The summed E-state index contributed by atoms with van der Waals surface area (Å²) in [5.74, 6) is 0.0961.